The molecule has 292 valence electrons. The summed E-state index contributed by atoms with van der Waals surface area (Å²) in [6, 6.07) is 21.8. The molecule has 0 aliphatic carbocycles. The van der Waals surface area contributed by atoms with Gasteiger partial charge in [0.15, 0.2) is 23.0 Å². The maximum absolute atomic E-state index is 13.8. The molecule has 0 spiro atoms. The van der Waals surface area contributed by atoms with Crippen LogP contribution in [0.4, 0.5) is 17.1 Å². The molecule has 8 rings (SSSR count). The first-order valence-corrected chi connectivity index (χ1v) is 19.3. The Morgan fingerprint density at radius 3 is 1.60 bits per heavy atom. The van der Waals surface area contributed by atoms with Crippen LogP contribution in [0.25, 0.3) is 11.1 Å². The molecule has 0 bridgehead atoms. The second-order valence-electron chi connectivity index (χ2n) is 14.3. The largest absolute Gasteiger partial charge is 0.508 e. The van der Waals surface area contributed by atoms with Crippen molar-refractivity contribution >= 4 is 52.5 Å². The van der Waals surface area contributed by atoms with Crippen LogP contribution < -0.4 is 24.3 Å². The Morgan fingerprint density at radius 2 is 1.14 bits per heavy atom. The van der Waals surface area contributed by atoms with E-state index in [-0.39, 0.29) is 29.6 Å². The summed E-state index contributed by atoms with van der Waals surface area (Å²) in [4.78, 5) is 40.3. The Bertz CT molecular complexity index is 2300. The topological polar surface area (TPSA) is 135 Å². The van der Waals surface area contributed by atoms with Crippen LogP contribution in [0, 0.1) is 0 Å². The van der Waals surface area contributed by atoms with Crippen molar-refractivity contribution < 1.29 is 33.6 Å². The van der Waals surface area contributed by atoms with Crippen molar-refractivity contribution in [3.05, 3.63) is 107 Å². The number of unbranched alkanes of at least 4 members (excludes halogenated alkanes) is 2. The lowest BCUT2D eigenvalue weighted by molar-refractivity contribution is 0.0809. The SMILES string of the molecule is CCNc1ccc(C2=CN3C(=O)c4cc(OC)c(OCCCCCOc5cc6c(cc5OC)C(=O)N5C=C(c7ccc(O)cc7)C[C@H]5C=N6)cc4N=CC3C2)cc1. The summed E-state index contributed by atoms with van der Waals surface area (Å²) in [5.41, 5.74) is 7.19. The maximum atomic E-state index is 13.8. The Labute approximate surface area is 331 Å². The highest BCUT2D eigenvalue weighted by Gasteiger charge is 2.35. The van der Waals surface area contributed by atoms with Crippen molar-refractivity contribution in [3.63, 3.8) is 0 Å². The van der Waals surface area contributed by atoms with Crippen LogP contribution in [-0.2, 0) is 0 Å². The third-order valence-corrected chi connectivity index (χ3v) is 10.6. The first-order valence-electron chi connectivity index (χ1n) is 19.3. The van der Waals surface area contributed by atoms with Crippen molar-refractivity contribution in [3.8, 4) is 28.7 Å². The van der Waals surface area contributed by atoms with Crippen LogP contribution >= 0.6 is 0 Å². The van der Waals surface area contributed by atoms with Crippen LogP contribution in [0.15, 0.2) is 95.2 Å². The van der Waals surface area contributed by atoms with Gasteiger partial charge < -0.3 is 39.2 Å². The van der Waals surface area contributed by atoms with Gasteiger partial charge in [-0.15, -0.1) is 0 Å². The van der Waals surface area contributed by atoms with Crippen LogP contribution in [0.2, 0.25) is 0 Å². The van der Waals surface area contributed by atoms with E-state index in [4.69, 9.17) is 23.9 Å². The number of phenols is 1. The minimum absolute atomic E-state index is 0.126. The highest BCUT2D eigenvalue weighted by atomic mass is 16.5. The summed E-state index contributed by atoms with van der Waals surface area (Å²) in [6.45, 7) is 3.81. The van der Waals surface area contributed by atoms with E-state index in [0.29, 0.717) is 71.6 Å². The molecule has 57 heavy (non-hydrogen) atoms. The lowest BCUT2D eigenvalue weighted by atomic mass is 10.0. The number of methoxy groups -OCH3 is 2. The summed E-state index contributed by atoms with van der Waals surface area (Å²) in [5, 5.41) is 13.0. The van der Waals surface area contributed by atoms with Gasteiger partial charge in [0.2, 0.25) is 0 Å². The summed E-state index contributed by atoms with van der Waals surface area (Å²) in [7, 11) is 3.12. The summed E-state index contributed by atoms with van der Waals surface area (Å²) in [6.07, 6.45) is 11.1. The van der Waals surface area contributed by atoms with Gasteiger partial charge in [0.1, 0.15) is 5.75 Å². The standard InChI is InChI=1S/C45H45N5O7/c1-4-46-32-12-8-28(9-13-32)30-18-33-24-47-38-22-42(40(54-2)20-36(38)44(52)49(33)26-30)56-16-6-5-7-17-57-43-23-39-37(21-41(43)55-3)45(53)50-27-31(19-34(50)25-48-39)29-10-14-35(51)15-11-29/h8-15,20-27,33-34,46,51H,4-7,16-19H2,1-3H3/t33?,34-/m0/s1. The second-order valence-corrected chi connectivity index (χ2v) is 14.3. The lowest BCUT2D eigenvalue weighted by Crippen LogP contribution is -2.32. The number of hydrogen-bond acceptors (Lipinski definition) is 10. The predicted octanol–water partition coefficient (Wildman–Crippen LogP) is 8.41. The van der Waals surface area contributed by atoms with Crippen LogP contribution in [0.3, 0.4) is 0 Å². The molecule has 2 N–H and O–H groups in total. The molecule has 0 saturated heterocycles. The zero-order chi connectivity index (χ0) is 39.5. The molecule has 4 aromatic carbocycles. The van der Waals surface area contributed by atoms with Gasteiger partial charge in [-0.2, -0.15) is 0 Å². The minimum Gasteiger partial charge on any atom is -0.508 e. The van der Waals surface area contributed by atoms with Crippen molar-refractivity contribution in [2.45, 2.75) is 51.1 Å². The third kappa shape index (κ3) is 7.67. The molecule has 0 aromatic heterocycles. The molecule has 2 atom stereocenters. The Kier molecular flexibility index (Phi) is 10.7. The number of anilines is 1. The normalized spacial score (nSPS) is 17.8. The number of phenolic OH excluding ortho intramolecular Hbond substituents is 1. The molecule has 12 heteroatoms. The van der Waals surface area contributed by atoms with Crippen molar-refractivity contribution in [1.29, 1.82) is 0 Å². The third-order valence-electron chi connectivity index (χ3n) is 10.6. The first kappa shape index (κ1) is 37.4. The number of hydrogen-bond donors (Lipinski definition) is 2. The number of nitrogens with zero attached hydrogens (tertiary/aromatic N) is 4. The van der Waals surface area contributed by atoms with Gasteiger partial charge in [0.05, 0.1) is 62.0 Å². The fraction of sp³-hybridized carbons (Fsp3) is 0.289. The number of benzene rings is 4. The van der Waals surface area contributed by atoms with E-state index in [0.717, 1.165) is 53.8 Å². The van der Waals surface area contributed by atoms with Gasteiger partial charge in [0, 0.05) is 62.0 Å². The summed E-state index contributed by atoms with van der Waals surface area (Å²) < 4.78 is 23.6. The van der Waals surface area contributed by atoms with Gasteiger partial charge >= 0.3 is 0 Å². The summed E-state index contributed by atoms with van der Waals surface area (Å²) in [5.74, 6) is 1.91. The van der Waals surface area contributed by atoms with Gasteiger partial charge in [-0.25, -0.2) is 0 Å². The number of carbonyl (C=O) groups excluding carboxylic acids is 2. The first-order chi connectivity index (χ1) is 27.8. The van der Waals surface area contributed by atoms with Crippen molar-refractivity contribution in [2.75, 3.05) is 39.3 Å². The molecular weight excluding hydrogens is 723 g/mol. The number of amides is 2. The van der Waals surface area contributed by atoms with E-state index in [2.05, 4.69) is 41.5 Å². The number of rotatable bonds is 14. The van der Waals surface area contributed by atoms with Crippen LogP contribution in [0.1, 0.15) is 70.9 Å². The van der Waals surface area contributed by atoms with Crippen LogP contribution in [-0.4, -0.2) is 85.2 Å². The van der Waals surface area contributed by atoms with Gasteiger partial charge in [-0.3, -0.25) is 19.6 Å². The fourth-order valence-electron chi connectivity index (χ4n) is 7.57. The van der Waals surface area contributed by atoms with Gasteiger partial charge in [-0.05, 0) is 84.9 Å². The molecule has 4 aromatic rings. The van der Waals surface area contributed by atoms with Gasteiger partial charge in [0.25, 0.3) is 11.8 Å². The van der Waals surface area contributed by atoms with Crippen molar-refractivity contribution in [1.82, 2.24) is 9.80 Å². The van der Waals surface area contributed by atoms with E-state index in [1.807, 2.05) is 30.7 Å². The number of carbonyl (C=O) groups is 2. The highest BCUT2D eigenvalue weighted by Crippen LogP contribution is 2.42. The zero-order valence-electron chi connectivity index (χ0n) is 32.2. The lowest BCUT2D eigenvalue weighted by Gasteiger charge is -2.19. The maximum Gasteiger partial charge on any atom is 0.260 e. The number of nitrogens with one attached hydrogen (secondary N) is 1. The zero-order valence-corrected chi connectivity index (χ0v) is 32.2. The smallest absolute Gasteiger partial charge is 0.260 e. The molecule has 2 amide bonds. The molecule has 0 fully saturated rings. The molecule has 4 aliphatic heterocycles. The quantitative estimate of drug-likeness (QED) is 0.122. The number of aromatic hydroxyl groups is 1. The Balaban J connectivity index is 0.845. The van der Waals surface area contributed by atoms with E-state index in [1.54, 1.807) is 66.6 Å². The van der Waals surface area contributed by atoms with E-state index >= 15 is 0 Å². The average Bonchev–Trinajstić information content (AvgIpc) is 3.81. The predicted molar refractivity (Wildman–Crippen MR) is 221 cm³/mol. The van der Waals surface area contributed by atoms with E-state index in [1.165, 1.54) is 0 Å². The Morgan fingerprint density at radius 1 is 0.667 bits per heavy atom. The second kappa shape index (κ2) is 16.3. The highest BCUT2D eigenvalue weighted by molar-refractivity contribution is 6.06. The molecule has 0 saturated carbocycles. The molecule has 12 nitrogen and oxygen atoms in total. The van der Waals surface area contributed by atoms with Crippen LogP contribution in [0.5, 0.6) is 28.7 Å². The fourth-order valence-corrected chi connectivity index (χ4v) is 7.57. The number of aliphatic imine (C=N–C) groups is 2. The molecule has 4 heterocycles. The monoisotopic (exact) mass is 767 g/mol. The summed E-state index contributed by atoms with van der Waals surface area (Å²) >= 11 is 0. The van der Waals surface area contributed by atoms with Crippen molar-refractivity contribution in [2.24, 2.45) is 9.98 Å². The molecule has 1 unspecified atom stereocenters. The number of ether oxygens (including phenoxy) is 4. The molecule has 4 aliphatic rings. The molecular formula is C45H45N5O7. The molecule has 0 radical (unpaired) electrons. The average molecular weight is 768 g/mol. The van der Waals surface area contributed by atoms with Gasteiger partial charge in [-0.1, -0.05) is 24.3 Å². The number of fused-ring (bicyclic) bond motifs is 4. The Hall–Kier alpha value is -6.56. The van der Waals surface area contributed by atoms with E-state index in [9.17, 15) is 14.7 Å². The minimum atomic E-state index is -0.214. The van der Waals surface area contributed by atoms with E-state index < -0.39 is 0 Å².